The molecular formula is C13H13Cl2NOS2. The lowest BCUT2D eigenvalue weighted by atomic mass is 10.0. The van der Waals surface area contributed by atoms with E-state index < -0.39 is 0 Å². The number of thiocarbonyl (C=S) groups is 1. The van der Waals surface area contributed by atoms with Crippen LogP contribution in [-0.2, 0) is 0 Å². The number of hydrogen-bond donors (Lipinski definition) is 0. The molecule has 19 heavy (non-hydrogen) atoms. The lowest BCUT2D eigenvalue weighted by Gasteiger charge is -2.26. The van der Waals surface area contributed by atoms with Crippen LogP contribution in [0.2, 0.25) is 10.0 Å². The molecule has 0 N–H and O–H groups in total. The van der Waals surface area contributed by atoms with Crippen molar-refractivity contribution < 1.29 is 4.79 Å². The van der Waals surface area contributed by atoms with Crippen LogP contribution in [0, 0.1) is 5.92 Å². The number of nitrogens with zero attached hydrogens (tertiary/aromatic N) is 1. The predicted molar refractivity (Wildman–Crippen MR) is 86.3 cm³/mol. The van der Waals surface area contributed by atoms with Gasteiger partial charge in [-0.1, -0.05) is 61.0 Å². The third-order valence-electron chi connectivity index (χ3n) is 3.00. The number of amides is 1. The zero-order valence-corrected chi connectivity index (χ0v) is 13.7. The number of rotatable bonds is 2. The highest BCUT2D eigenvalue weighted by atomic mass is 35.5. The Morgan fingerprint density at radius 3 is 2.47 bits per heavy atom. The minimum absolute atomic E-state index is 0.127. The number of carbonyl (C=O) groups excluding carboxylic acids is 1. The summed E-state index contributed by atoms with van der Waals surface area (Å²) < 4.78 is 0.625. The molecule has 1 atom stereocenters. The largest absolute Gasteiger partial charge is 0.289 e. The fraction of sp³-hybridized carbons (Fsp3) is 0.385. The number of benzene rings is 1. The minimum Gasteiger partial charge on any atom is -0.289 e. The van der Waals surface area contributed by atoms with Crippen molar-refractivity contribution >= 4 is 57.4 Å². The van der Waals surface area contributed by atoms with Crippen LogP contribution in [0.25, 0.3) is 0 Å². The average molecular weight is 334 g/mol. The Kier molecular flexibility index (Phi) is 4.77. The zero-order chi connectivity index (χ0) is 14.2. The van der Waals surface area contributed by atoms with Gasteiger partial charge in [0.05, 0.1) is 6.04 Å². The van der Waals surface area contributed by atoms with Gasteiger partial charge in [-0.15, -0.1) is 0 Å². The standard InChI is InChI=1S/C13H13Cl2NOS2/c1-7(2)11-6-19-13(18)16(11)12(17)8-3-9(14)5-10(15)4-8/h3-5,7,11H,6H2,1-2H3/t11-/m1/s1. The summed E-state index contributed by atoms with van der Waals surface area (Å²) in [5.74, 6) is 1.07. The molecule has 0 aliphatic carbocycles. The average Bonchev–Trinajstić information content (AvgIpc) is 2.69. The van der Waals surface area contributed by atoms with Gasteiger partial charge in [0, 0.05) is 21.4 Å². The van der Waals surface area contributed by atoms with Crippen molar-refractivity contribution in [3.8, 4) is 0 Å². The Bertz CT molecular complexity index is 513. The first kappa shape index (κ1) is 15.1. The van der Waals surface area contributed by atoms with Gasteiger partial charge in [-0.2, -0.15) is 0 Å². The molecule has 6 heteroatoms. The molecule has 1 aromatic rings. The smallest absolute Gasteiger partial charge is 0.259 e. The van der Waals surface area contributed by atoms with Crippen LogP contribution in [0.3, 0.4) is 0 Å². The van der Waals surface area contributed by atoms with E-state index >= 15 is 0 Å². The molecule has 0 radical (unpaired) electrons. The van der Waals surface area contributed by atoms with Gasteiger partial charge in [-0.25, -0.2) is 0 Å². The maximum Gasteiger partial charge on any atom is 0.259 e. The molecule has 1 aromatic carbocycles. The van der Waals surface area contributed by atoms with Crippen LogP contribution in [0.15, 0.2) is 18.2 Å². The molecule has 0 saturated carbocycles. The Morgan fingerprint density at radius 1 is 1.37 bits per heavy atom. The molecule has 1 heterocycles. The molecule has 2 rings (SSSR count). The Morgan fingerprint density at radius 2 is 1.95 bits per heavy atom. The van der Waals surface area contributed by atoms with Gasteiger partial charge < -0.3 is 0 Å². The van der Waals surface area contributed by atoms with Crippen LogP contribution in [0.4, 0.5) is 0 Å². The predicted octanol–water partition coefficient (Wildman–Crippen LogP) is 4.49. The highest BCUT2D eigenvalue weighted by Gasteiger charge is 2.36. The van der Waals surface area contributed by atoms with E-state index in [0.29, 0.717) is 25.8 Å². The number of halogens is 2. The summed E-state index contributed by atoms with van der Waals surface area (Å²) in [6.07, 6.45) is 0. The van der Waals surface area contributed by atoms with Crippen LogP contribution in [0.1, 0.15) is 24.2 Å². The molecule has 102 valence electrons. The van der Waals surface area contributed by atoms with Crippen molar-refractivity contribution in [1.82, 2.24) is 4.90 Å². The fourth-order valence-corrected chi connectivity index (χ4v) is 4.13. The Balaban J connectivity index is 2.34. The maximum absolute atomic E-state index is 12.6. The number of hydrogen-bond acceptors (Lipinski definition) is 3. The quantitative estimate of drug-likeness (QED) is 0.743. The van der Waals surface area contributed by atoms with E-state index in [1.807, 2.05) is 0 Å². The lowest BCUT2D eigenvalue weighted by Crippen LogP contribution is -2.41. The number of carbonyl (C=O) groups is 1. The van der Waals surface area contributed by atoms with Crippen molar-refractivity contribution in [1.29, 1.82) is 0 Å². The van der Waals surface area contributed by atoms with Crippen LogP contribution in [0.5, 0.6) is 0 Å². The summed E-state index contributed by atoms with van der Waals surface area (Å²) in [7, 11) is 0. The van der Waals surface area contributed by atoms with E-state index in [-0.39, 0.29) is 11.9 Å². The van der Waals surface area contributed by atoms with Crippen LogP contribution >= 0.6 is 47.2 Å². The summed E-state index contributed by atoms with van der Waals surface area (Å²) in [4.78, 5) is 14.3. The molecule has 1 amide bonds. The van der Waals surface area contributed by atoms with Crippen LogP contribution < -0.4 is 0 Å². The van der Waals surface area contributed by atoms with E-state index in [0.717, 1.165) is 5.75 Å². The second-order valence-corrected chi connectivity index (χ2v) is 7.25. The first-order valence-electron chi connectivity index (χ1n) is 5.86. The lowest BCUT2D eigenvalue weighted by molar-refractivity contribution is 0.0801. The minimum atomic E-state index is -0.127. The van der Waals surface area contributed by atoms with Crippen LogP contribution in [-0.4, -0.2) is 26.9 Å². The molecule has 0 spiro atoms. The zero-order valence-electron chi connectivity index (χ0n) is 10.5. The first-order chi connectivity index (χ1) is 8.90. The van der Waals surface area contributed by atoms with Gasteiger partial charge in [0.15, 0.2) is 0 Å². The van der Waals surface area contributed by atoms with E-state index in [1.165, 1.54) is 0 Å². The summed E-state index contributed by atoms with van der Waals surface area (Å²) in [5, 5.41) is 0.907. The third-order valence-corrected chi connectivity index (χ3v) is 4.94. The fourth-order valence-electron chi connectivity index (χ4n) is 1.98. The topological polar surface area (TPSA) is 20.3 Å². The van der Waals surface area contributed by atoms with Gasteiger partial charge >= 0.3 is 0 Å². The van der Waals surface area contributed by atoms with E-state index in [2.05, 4.69) is 13.8 Å². The highest BCUT2D eigenvalue weighted by Crippen LogP contribution is 2.31. The van der Waals surface area contributed by atoms with Gasteiger partial charge in [0.1, 0.15) is 4.32 Å². The molecule has 1 fully saturated rings. The normalized spacial score (nSPS) is 19.3. The molecule has 1 aliphatic rings. The summed E-state index contributed by atoms with van der Waals surface area (Å²) in [6.45, 7) is 4.18. The SMILES string of the molecule is CC(C)[C@H]1CSC(=S)N1C(=O)c1cc(Cl)cc(Cl)c1. The van der Waals surface area contributed by atoms with Crippen molar-refractivity contribution in [3.63, 3.8) is 0 Å². The summed E-state index contributed by atoms with van der Waals surface area (Å²) in [5.41, 5.74) is 0.480. The van der Waals surface area contributed by atoms with Crippen molar-refractivity contribution in [2.75, 3.05) is 5.75 Å². The van der Waals surface area contributed by atoms with Crippen molar-refractivity contribution in [2.24, 2.45) is 5.92 Å². The molecular weight excluding hydrogens is 321 g/mol. The molecule has 2 nitrogen and oxygen atoms in total. The molecule has 1 aliphatic heterocycles. The Labute approximate surface area is 132 Å². The van der Waals surface area contributed by atoms with Crippen molar-refractivity contribution in [3.05, 3.63) is 33.8 Å². The number of thioether (sulfide) groups is 1. The van der Waals surface area contributed by atoms with Gasteiger partial charge in [0.25, 0.3) is 5.91 Å². The summed E-state index contributed by atoms with van der Waals surface area (Å²) >= 11 is 18.7. The van der Waals surface area contributed by atoms with Gasteiger partial charge in [0.2, 0.25) is 0 Å². The maximum atomic E-state index is 12.6. The van der Waals surface area contributed by atoms with E-state index in [9.17, 15) is 4.79 Å². The molecule has 1 saturated heterocycles. The van der Waals surface area contributed by atoms with Crippen molar-refractivity contribution in [2.45, 2.75) is 19.9 Å². The molecule has 0 aromatic heterocycles. The van der Waals surface area contributed by atoms with Gasteiger partial charge in [-0.3, -0.25) is 9.69 Å². The second-order valence-electron chi connectivity index (χ2n) is 4.72. The highest BCUT2D eigenvalue weighted by molar-refractivity contribution is 8.23. The molecule has 0 unspecified atom stereocenters. The monoisotopic (exact) mass is 333 g/mol. The second kappa shape index (κ2) is 6.00. The van der Waals surface area contributed by atoms with Gasteiger partial charge in [-0.05, 0) is 24.1 Å². The summed E-state index contributed by atoms with van der Waals surface area (Å²) in [6, 6.07) is 4.98. The van der Waals surface area contributed by atoms with E-state index in [1.54, 1.807) is 34.9 Å². The Hall–Kier alpha value is -0.290. The molecule has 0 bridgehead atoms. The first-order valence-corrected chi connectivity index (χ1v) is 8.01. The van der Waals surface area contributed by atoms with E-state index in [4.69, 9.17) is 35.4 Å². The third kappa shape index (κ3) is 3.24.